The SMILES string of the molecule is Nc1ccc2nc(S(=O)CCn3ccccc3=O)[nH]c2c1. The molecular weight excluding hydrogens is 288 g/mol. The molecule has 21 heavy (non-hydrogen) atoms. The average Bonchev–Trinajstić information content (AvgIpc) is 2.89. The number of imidazole rings is 1. The van der Waals surface area contributed by atoms with Gasteiger partial charge in [0, 0.05) is 30.2 Å². The van der Waals surface area contributed by atoms with E-state index in [-0.39, 0.29) is 5.56 Å². The number of nitrogens with one attached hydrogen (secondary N) is 1. The standard InChI is InChI=1S/C14H14N4O2S/c15-10-4-5-11-12(9-10)17-14(16-11)21(20)8-7-18-6-2-1-3-13(18)19/h1-6,9H,7-8,15H2,(H,16,17). The largest absolute Gasteiger partial charge is 0.399 e. The Labute approximate surface area is 123 Å². The molecule has 0 spiro atoms. The third kappa shape index (κ3) is 2.87. The lowest BCUT2D eigenvalue weighted by Crippen LogP contribution is -2.21. The minimum Gasteiger partial charge on any atom is -0.399 e. The lowest BCUT2D eigenvalue weighted by atomic mass is 10.3. The van der Waals surface area contributed by atoms with Gasteiger partial charge < -0.3 is 15.3 Å². The number of hydrogen-bond acceptors (Lipinski definition) is 4. The van der Waals surface area contributed by atoms with Crippen molar-refractivity contribution in [3.8, 4) is 0 Å². The van der Waals surface area contributed by atoms with Crippen LogP contribution in [0.1, 0.15) is 0 Å². The van der Waals surface area contributed by atoms with Crippen molar-refractivity contribution in [2.45, 2.75) is 11.7 Å². The van der Waals surface area contributed by atoms with Gasteiger partial charge in [-0.3, -0.25) is 9.00 Å². The molecule has 0 bridgehead atoms. The van der Waals surface area contributed by atoms with E-state index in [1.807, 2.05) is 0 Å². The summed E-state index contributed by atoms with van der Waals surface area (Å²) in [7, 11) is -1.30. The van der Waals surface area contributed by atoms with Gasteiger partial charge >= 0.3 is 0 Å². The predicted molar refractivity (Wildman–Crippen MR) is 82.5 cm³/mol. The number of benzene rings is 1. The maximum absolute atomic E-state index is 12.3. The van der Waals surface area contributed by atoms with E-state index in [2.05, 4.69) is 9.97 Å². The van der Waals surface area contributed by atoms with E-state index in [1.165, 1.54) is 10.6 Å². The van der Waals surface area contributed by atoms with E-state index in [0.717, 1.165) is 11.0 Å². The van der Waals surface area contributed by atoms with E-state index in [0.29, 0.717) is 23.1 Å². The molecule has 2 aromatic heterocycles. The van der Waals surface area contributed by atoms with Crippen molar-refractivity contribution in [2.75, 3.05) is 11.5 Å². The summed E-state index contributed by atoms with van der Waals surface area (Å²) in [5.41, 5.74) is 7.70. The number of nitrogens with two attached hydrogens (primary N) is 1. The van der Waals surface area contributed by atoms with Gasteiger partial charge in [0.05, 0.1) is 21.8 Å². The number of nitrogen functional groups attached to an aromatic ring is 1. The zero-order chi connectivity index (χ0) is 14.8. The Hall–Kier alpha value is -2.41. The van der Waals surface area contributed by atoms with Crippen molar-refractivity contribution in [2.24, 2.45) is 0 Å². The predicted octanol–water partition coefficient (Wildman–Crippen LogP) is 1.11. The van der Waals surface area contributed by atoms with Gasteiger partial charge in [-0.2, -0.15) is 0 Å². The van der Waals surface area contributed by atoms with Crippen molar-refractivity contribution in [1.29, 1.82) is 0 Å². The van der Waals surface area contributed by atoms with Crippen LogP contribution in [-0.2, 0) is 17.3 Å². The summed E-state index contributed by atoms with van der Waals surface area (Å²) in [6.45, 7) is 0.380. The molecule has 0 saturated heterocycles. The molecule has 0 aliphatic rings. The first-order valence-corrected chi connectivity index (χ1v) is 7.74. The normalized spacial score (nSPS) is 12.6. The molecule has 1 aromatic carbocycles. The van der Waals surface area contributed by atoms with Crippen molar-refractivity contribution < 1.29 is 4.21 Å². The van der Waals surface area contributed by atoms with Crippen LogP contribution in [0.3, 0.4) is 0 Å². The fraction of sp³-hybridized carbons (Fsp3) is 0.143. The van der Waals surface area contributed by atoms with Crippen LogP contribution >= 0.6 is 0 Å². The summed E-state index contributed by atoms with van der Waals surface area (Å²) in [6.07, 6.45) is 1.68. The molecule has 3 N–H and O–H groups in total. The van der Waals surface area contributed by atoms with Crippen molar-refractivity contribution in [3.05, 3.63) is 52.9 Å². The van der Waals surface area contributed by atoms with Crippen LogP contribution in [0.4, 0.5) is 5.69 Å². The third-order valence-electron chi connectivity index (χ3n) is 3.12. The highest BCUT2D eigenvalue weighted by atomic mass is 32.2. The molecule has 3 aromatic rings. The molecule has 0 saturated carbocycles. The second kappa shape index (κ2) is 5.53. The molecule has 3 rings (SSSR count). The van der Waals surface area contributed by atoms with Gasteiger partial charge in [-0.1, -0.05) is 6.07 Å². The minimum absolute atomic E-state index is 0.105. The first-order valence-electron chi connectivity index (χ1n) is 6.42. The van der Waals surface area contributed by atoms with E-state index < -0.39 is 10.8 Å². The van der Waals surface area contributed by atoms with E-state index in [9.17, 15) is 9.00 Å². The number of aryl methyl sites for hydroxylation is 1. The Morgan fingerprint density at radius 1 is 1.29 bits per heavy atom. The van der Waals surface area contributed by atoms with Gasteiger partial charge in [0.15, 0.2) is 5.16 Å². The van der Waals surface area contributed by atoms with Crippen molar-refractivity contribution in [1.82, 2.24) is 14.5 Å². The highest BCUT2D eigenvalue weighted by Gasteiger charge is 2.10. The Kier molecular flexibility index (Phi) is 3.57. The average molecular weight is 302 g/mol. The Morgan fingerprint density at radius 3 is 2.95 bits per heavy atom. The molecule has 0 radical (unpaired) electrons. The van der Waals surface area contributed by atoms with Gasteiger partial charge in [0.25, 0.3) is 5.56 Å². The number of aromatic amines is 1. The number of pyridine rings is 1. The quantitative estimate of drug-likeness (QED) is 0.706. The maximum atomic E-state index is 12.3. The number of hydrogen-bond donors (Lipinski definition) is 2. The van der Waals surface area contributed by atoms with Crippen LogP contribution in [0, 0.1) is 0 Å². The summed E-state index contributed by atoms with van der Waals surface area (Å²) >= 11 is 0. The summed E-state index contributed by atoms with van der Waals surface area (Å²) in [4.78, 5) is 18.9. The van der Waals surface area contributed by atoms with Crippen molar-refractivity contribution in [3.63, 3.8) is 0 Å². The molecule has 0 aliphatic carbocycles. The topological polar surface area (TPSA) is 93.8 Å². The van der Waals surface area contributed by atoms with Crippen molar-refractivity contribution >= 4 is 27.5 Å². The first-order chi connectivity index (χ1) is 10.1. The van der Waals surface area contributed by atoms with Crippen LogP contribution in [0.15, 0.2) is 52.5 Å². The lowest BCUT2D eigenvalue weighted by molar-refractivity contribution is 0.664. The van der Waals surface area contributed by atoms with E-state index in [1.54, 1.807) is 36.5 Å². The number of rotatable bonds is 4. The monoisotopic (exact) mass is 302 g/mol. The zero-order valence-electron chi connectivity index (χ0n) is 11.2. The van der Waals surface area contributed by atoms with Gasteiger partial charge in [0.2, 0.25) is 0 Å². The Balaban J connectivity index is 1.78. The third-order valence-corrected chi connectivity index (χ3v) is 4.29. The second-order valence-corrected chi connectivity index (χ2v) is 6.09. The van der Waals surface area contributed by atoms with Crippen LogP contribution in [0.5, 0.6) is 0 Å². The summed E-state index contributed by atoms with van der Waals surface area (Å²) < 4.78 is 13.8. The number of anilines is 1. The molecule has 1 atom stereocenters. The lowest BCUT2D eigenvalue weighted by Gasteiger charge is -2.03. The number of nitrogens with zero attached hydrogens (tertiary/aromatic N) is 2. The van der Waals surface area contributed by atoms with Gasteiger partial charge in [0.1, 0.15) is 0 Å². The minimum atomic E-state index is -1.30. The number of aromatic nitrogens is 3. The first kappa shape index (κ1) is 13.6. The molecule has 7 heteroatoms. The Morgan fingerprint density at radius 2 is 2.14 bits per heavy atom. The molecule has 0 amide bonds. The van der Waals surface area contributed by atoms with Crippen LogP contribution < -0.4 is 11.3 Å². The zero-order valence-corrected chi connectivity index (χ0v) is 12.0. The van der Waals surface area contributed by atoms with Crippen LogP contribution in [0.25, 0.3) is 11.0 Å². The highest BCUT2D eigenvalue weighted by molar-refractivity contribution is 7.84. The number of fused-ring (bicyclic) bond motifs is 1. The van der Waals surface area contributed by atoms with Gasteiger partial charge in [-0.15, -0.1) is 0 Å². The molecule has 1 unspecified atom stereocenters. The number of H-pyrrole nitrogens is 1. The highest BCUT2D eigenvalue weighted by Crippen LogP contribution is 2.16. The summed E-state index contributed by atoms with van der Waals surface area (Å²) in [5, 5.41) is 0.402. The molecule has 0 aliphatic heterocycles. The fourth-order valence-electron chi connectivity index (χ4n) is 2.03. The molecular formula is C14H14N4O2S. The Bertz CT molecular complexity index is 869. The van der Waals surface area contributed by atoms with Gasteiger partial charge in [-0.25, -0.2) is 4.98 Å². The van der Waals surface area contributed by atoms with Crippen LogP contribution in [0.2, 0.25) is 0 Å². The molecule has 6 nitrogen and oxygen atoms in total. The van der Waals surface area contributed by atoms with E-state index in [4.69, 9.17) is 5.73 Å². The molecule has 2 heterocycles. The van der Waals surface area contributed by atoms with Crippen LogP contribution in [-0.4, -0.2) is 24.5 Å². The van der Waals surface area contributed by atoms with Gasteiger partial charge in [-0.05, 0) is 24.3 Å². The molecule has 0 fully saturated rings. The summed E-state index contributed by atoms with van der Waals surface area (Å²) in [6, 6.07) is 10.2. The van der Waals surface area contributed by atoms with E-state index >= 15 is 0 Å². The maximum Gasteiger partial charge on any atom is 0.250 e. The smallest absolute Gasteiger partial charge is 0.250 e. The fourth-order valence-corrected chi connectivity index (χ4v) is 3.01. The second-order valence-electron chi connectivity index (χ2n) is 4.60. The summed E-state index contributed by atoms with van der Waals surface area (Å²) in [5.74, 6) is 0.319. The molecule has 108 valence electrons.